The Kier molecular flexibility index (Phi) is 4.47. The molecule has 2 N–H and O–H groups in total. The Morgan fingerprint density at radius 3 is 2.40 bits per heavy atom. The molecule has 0 saturated carbocycles. The zero-order valence-electron chi connectivity index (χ0n) is 10.2. The number of hydrogen-bond donors (Lipinski definition) is 2. The van der Waals surface area contributed by atoms with Crippen molar-refractivity contribution in [3.63, 3.8) is 0 Å². The van der Waals surface area contributed by atoms with E-state index in [2.05, 4.69) is 5.32 Å². The van der Waals surface area contributed by atoms with Gasteiger partial charge in [-0.25, -0.2) is 9.18 Å². The predicted octanol–water partition coefficient (Wildman–Crippen LogP) is 4.44. The van der Waals surface area contributed by atoms with Crippen LogP contribution < -0.4 is 5.32 Å². The Bertz CT molecular complexity index is 638. The van der Waals surface area contributed by atoms with E-state index in [4.69, 9.17) is 28.3 Å². The van der Waals surface area contributed by atoms with Crippen molar-refractivity contribution in [1.82, 2.24) is 0 Å². The average Bonchev–Trinajstić information content (AvgIpc) is 2.37. The third kappa shape index (κ3) is 3.21. The van der Waals surface area contributed by atoms with Gasteiger partial charge in [0.1, 0.15) is 5.82 Å². The van der Waals surface area contributed by atoms with Gasteiger partial charge in [-0.05, 0) is 23.8 Å². The van der Waals surface area contributed by atoms with Crippen LogP contribution in [0.4, 0.5) is 10.1 Å². The minimum atomic E-state index is -1.02. The molecule has 0 spiro atoms. The summed E-state index contributed by atoms with van der Waals surface area (Å²) in [7, 11) is 0. The van der Waals surface area contributed by atoms with E-state index in [-0.39, 0.29) is 22.2 Å². The maximum atomic E-state index is 13.1. The molecule has 0 amide bonds. The number of hydrogen-bond acceptors (Lipinski definition) is 2. The van der Waals surface area contributed by atoms with Crippen LogP contribution in [0.3, 0.4) is 0 Å². The van der Waals surface area contributed by atoms with Crippen molar-refractivity contribution in [2.45, 2.75) is 6.54 Å². The number of aromatic carboxylic acids is 1. The van der Waals surface area contributed by atoms with Gasteiger partial charge in [0.05, 0.1) is 21.3 Å². The zero-order valence-corrected chi connectivity index (χ0v) is 11.7. The molecule has 0 fully saturated rings. The molecule has 0 aliphatic heterocycles. The summed E-state index contributed by atoms with van der Waals surface area (Å²) in [6.45, 7) is 0.216. The van der Waals surface area contributed by atoms with Crippen LogP contribution in [0, 0.1) is 5.82 Å². The summed E-state index contributed by atoms with van der Waals surface area (Å²) in [5.41, 5.74) is 1.14. The lowest BCUT2D eigenvalue weighted by molar-refractivity contribution is 0.0696. The smallest absolute Gasteiger partial charge is 0.336 e. The highest BCUT2D eigenvalue weighted by atomic mass is 35.5. The molecule has 0 saturated heterocycles. The number of carboxylic acids is 1. The van der Waals surface area contributed by atoms with Crippen LogP contribution in [0.5, 0.6) is 0 Å². The number of rotatable bonds is 4. The minimum Gasteiger partial charge on any atom is -0.478 e. The van der Waals surface area contributed by atoms with Crippen LogP contribution in [0.25, 0.3) is 0 Å². The van der Waals surface area contributed by atoms with Crippen LogP contribution in [0.2, 0.25) is 10.0 Å². The average molecular weight is 314 g/mol. The molecular formula is C14H10Cl2FNO2. The molecule has 0 radical (unpaired) electrons. The van der Waals surface area contributed by atoms with E-state index in [9.17, 15) is 9.18 Å². The van der Waals surface area contributed by atoms with Crippen molar-refractivity contribution in [2.24, 2.45) is 0 Å². The molecule has 2 aromatic rings. The number of benzene rings is 2. The number of carbonyl (C=O) groups is 1. The number of halogens is 3. The number of nitrogens with one attached hydrogen (secondary N) is 1. The van der Waals surface area contributed by atoms with Gasteiger partial charge >= 0.3 is 5.97 Å². The molecule has 104 valence electrons. The van der Waals surface area contributed by atoms with Crippen molar-refractivity contribution >= 4 is 34.9 Å². The molecule has 0 bridgehead atoms. The van der Waals surface area contributed by atoms with Crippen LogP contribution >= 0.6 is 23.2 Å². The van der Waals surface area contributed by atoms with E-state index >= 15 is 0 Å². The van der Waals surface area contributed by atoms with Gasteiger partial charge in [-0.3, -0.25) is 0 Å². The lowest BCUT2D eigenvalue weighted by atomic mass is 10.1. The van der Waals surface area contributed by atoms with Gasteiger partial charge in [0.25, 0.3) is 0 Å². The van der Waals surface area contributed by atoms with E-state index in [1.807, 2.05) is 0 Å². The zero-order chi connectivity index (χ0) is 14.7. The molecule has 6 heteroatoms. The molecule has 0 aliphatic carbocycles. The first-order valence-electron chi connectivity index (χ1n) is 5.68. The Balaban J connectivity index is 2.24. The lowest BCUT2D eigenvalue weighted by Gasteiger charge is -2.12. The van der Waals surface area contributed by atoms with E-state index in [1.165, 1.54) is 6.07 Å². The Morgan fingerprint density at radius 2 is 1.80 bits per heavy atom. The van der Waals surface area contributed by atoms with Gasteiger partial charge in [-0.15, -0.1) is 0 Å². The molecule has 0 aromatic heterocycles. The van der Waals surface area contributed by atoms with Gasteiger partial charge in [0.2, 0.25) is 0 Å². The fourth-order valence-corrected chi connectivity index (χ4v) is 2.37. The van der Waals surface area contributed by atoms with E-state index in [0.717, 1.165) is 12.1 Å². The quantitative estimate of drug-likeness (QED) is 0.877. The number of carboxylic acid groups (broad SMARTS) is 1. The molecule has 0 heterocycles. The molecule has 0 unspecified atom stereocenters. The summed E-state index contributed by atoms with van der Waals surface area (Å²) in [4.78, 5) is 11.1. The molecular weight excluding hydrogens is 304 g/mol. The summed E-state index contributed by atoms with van der Waals surface area (Å²) < 4.78 is 13.1. The van der Waals surface area contributed by atoms with E-state index in [1.54, 1.807) is 18.2 Å². The van der Waals surface area contributed by atoms with Crippen molar-refractivity contribution in [1.29, 1.82) is 0 Å². The molecule has 2 rings (SSSR count). The summed E-state index contributed by atoms with van der Waals surface area (Å²) >= 11 is 11.8. The van der Waals surface area contributed by atoms with Gasteiger partial charge in [0.15, 0.2) is 0 Å². The van der Waals surface area contributed by atoms with Crippen LogP contribution in [-0.4, -0.2) is 11.1 Å². The van der Waals surface area contributed by atoms with Crippen molar-refractivity contribution in [3.8, 4) is 0 Å². The topological polar surface area (TPSA) is 49.3 Å². The highest BCUT2D eigenvalue weighted by Crippen LogP contribution is 2.31. The maximum Gasteiger partial charge on any atom is 0.336 e. The fourth-order valence-electron chi connectivity index (χ4n) is 1.78. The second-order valence-electron chi connectivity index (χ2n) is 4.06. The maximum absolute atomic E-state index is 13.1. The molecule has 2 aromatic carbocycles. The van der Waals surface area contributed by atoms with Crippen LogP contribution in [0.15, 0.2) is 36.4 Å². The van der Waals surface area contributed by atoms with Crippen LogP contribution in [0.1, 0.15) is 15.9 Å². The first kappa shape index (κ1) is 14.6. The molecule has 0 atom stereocenters. The Hall–Kier alpha value is -1.78. The van der Waals surface area contributed by atoms with Gasteiger partial charge in [-0.2, -0.15) is 0 Å². The van der Waals surface area contributed by atoms with Crippen molar-refractivity contribution < 1.29 is 14.3 Å². The summed E-state index contributed by atoms with van der Waals surface area (Å²) in [6.07, 6.45) is 0. The Morgan fingerprint density at radius 1 is 1.20 bits per heavy atom. The highest BCUT2D eigenvalue weighted by Gasteiger charge is 2.11. The first-order chi connectivity index (χ1) is 9.49. The molecule has 20 heavy (non-hydrogen) atoms. The highest BCUT2D eigenvalue weighted by molar-refractivity contribution is 6.39. The number of anilines is 1. The normalized spacial score (nSPS) is 10.3. The van der Waals surface area contributed by atoms with Crippen molar-refractivity contribution in [2.75, 3.05) is 5.32 Å². The summed E-state index contributed by atoms with van der Waals surface area (Å²) in [5, 5.41) is 12.3. The Labute approximate surface area is 124 Å². The first-order valence-corrected chi connectivity index (χ1v) is 6.44. The van der Waals surface area contributed by atoms with Gasteiger partial charge < -0.3 is 10.4 Å². The SMILES string of the molecule is O=C(O)c1ccccc1CNc1c(Cl)cc(F)cc1Cl. The van der Waals surface area contributed by atoms with Gasteiger partial charge in [0, 0.05) is 6.54 Å². The minimum absolute atomic E-state index is 0.141. The standard InChI is InChI=1S/C14H10Cl2FNO2/c15-11-5-9(17)6-12(16)13(11)18-7-8-3-1-2-4-10(8)14(19)20/h1-6,18H,7H2,(H,19,20). The van der Waals surface area contributed by atoms with Crippen LogP contribution in [-0.2, 0) is 6.54 Å². The van der Waals surface area contributed by atoms with Crippen molar-refractivity contribution in [3.05, 3.63) is 63.4 Å². The van der Waals surface area contributed by atoms with Gasteiger partial charge in [-0.1, -0.05) is 41.4 Å². The molecule has 3 nitrogen and oxygen atoms in total. The summed E-state index contributed by atoms with van der Waals surface area (Å²) in [6, 6.07) is 8.84. The second kappa shape index (κ2) is 6.11. The fraction of sp³-hybridized carbons (Fsp3) is 0.0714. The summed E-state index contributed by atoms with van der Waals surface area (Å²) in [5.74, 6) is -1.55. The monoisotopic (exact) mass is 313 g/mol. The van der Waals surface area contributed by atoms with E-state index in [0.29, 0.717) is 11.3 Å². The predicted molar refractivity (Wildman–Crippen MR) is 77.1 cm³/mol. The molecule has 0 aliphatic rings. The largest absolute Gasteiger partial charge is 0.478 e. The third-order valence-electron chi connectivity index (χ3n) is 2.71. The lowest BCUT2D eigenvalue weighted by Crippen LogP contribution is -2.07. The second-order valence-corrected chi connectivity index (χ2v) is 4.87. The third-order valence-corrected chi connectivity index (χ3v) is 3.31. The van der Waals surface area contributed by atoms with E-state index < -0.39 is 11.8 Å².